The van der Waals surface area contributed by atoms with Crippen molar-refractivity contribution in [2.45, 2.75) is 41.2 Å². The molecule has 0 aliphatic rings. The van der Waals surface area contributed by atoms with Gasteiger partial charge in [-0.1, -0.05) is 138 Å². The molecule has 0 aliphatic heterocycles. The fraction of sp³-hybridized carbons (Fsp3) is 0.105. The zero-order chi connectivity index (χ0) is 48.2. The second-order valence-corrected chi connectivity index (χ2v) is 17.0. The third kappa shape index (κ3) is 10.8. The Hall–Kier alpha value is -7.62. The lowest BCUT2D eigenvalue weighted by atomic mass is 9.74. The largest absolute Gasteiger partial charge is 0.441 e. The average Bonchev–Trinajstić information content (AvgIpc) is 4.04. The van der Waals surface area contributed by atoms with Crippen LogP contribution in [0.5, 0.6) is 0 Å². The lowest BCUT2D eigenvalue weighted by molar-refractivity contribution is 0.542. The van der Waals surface area contributed by atoms with E-state index in [2.05, 4.69) is 120 Å². The van der Waals surface area contributed by atoms with Crippen LogP contribution < -0.4 is 5.59 Å². The number of benzene rings is 3. The third-order valence-corrected chi connectivity index (χ3v) is 12.4. The molecule has 7 nitrogen and oxygen atoms in total. The van der Waals surface area contributed by atoms with Crippen LogP contribution in [0.1, 0.15) is 46.0 Å². The van der Waals surface area contributed by atoms with Crippen molar-refractivity contribution in [1.29, 1.82) is 0 Å². The van der Waals surface area contributed by atoms with Gasteiger partial charge in [-0.3, -0.25) is 0 Å². The van der Waals surface area contributed by atoms with Crippen LogP contribution >= 0.6 is 11.3 Å². The van der Waals surface area contributed by atoms with Gasteiger partial charge in [-0.05, 0) is 103 Å². The first-order valence-electron chi connectivity index (χ1n) is 23.0. The van der Waals surface area contributed by atoms with Crippen molar-refractivity contribution in [3.63, 3.8) is 0 Å². The van der Waals surface area contributed by atoms with E-state index in [-0.39, 0.29) is 0 Å². The van der Waals surface area contributed by atoms with Gasteiger partial charge in [-0.25, -0.2) is 24.9 Å². The number of hydrogen-bond donors (Lipinski definition) is 0. The number of allylic oxidation sites excluding steroid dienone is 13. The van der Waals surface area contributed by atoms with Crippen LogP contribution in [-0.2, 0) is 0 Å². The summed E-state index contributed by atoms with van der Waals surface area (Å²) in [6, 6.07) is 26.2. The van der Waals surface area contributed by atoms with E-state index in [1.54, 1.807) is 23.5 Å². The minimum absolute atomic E-state index is 0.582. The molecule has 4 heterocycles. The Morgan fingerprint density at radius 3 is 2.03 bits per heavy atom. The molecule has 0 amide bonds. The first-order chi connectivity index (χ1) is 33.1. The van der Waals surface area contributed by atoms with Crippen molar-refractivity contribution in [2.24, 2.45) is 0 Å². The Balaban J connectivity index is 1.27. The smallest absolute Gasteiger partial charge is 0.226 e. The number of thiazole rings is 1. The number of hydrogen-bond acceptors (Lipinski definition) is 7. The Kier molecular flexibility index (Phi) is 16.1. The van der Waals surface area contributed by atoms with E-state index >= 15 is 0 Å². The maximum atomic E-state index is 6.14. The molecule has 0 aliphatic carbocycles. The first kappa shape index (κ1) is 48.3. The molecule has 0 saturated heterocycles. The normalized spacial score (nSPS) is 12.8. The quantitative estimate of drug-likeness (QED) is 0.0594. The van der Waals surface area contributed by atoms with Crippen molar-refractivity contribution in [3.8, 4) is 34.2 Å². The lowest BCUT2D eigenvalue weighted by Crippen LogP contribution is -2.24. The maximum absolute atomic E-state index is 6.14. The van der Waals surface area contributed by atoms with E-state index in [9.17, 15) is 0 Å². The molecule has 4 aromatic heterocycles. The van der Waals surface area contributed by atoms with Crippen LogP contribution in [0.2, 0.25) is 20.5 Å². The molecule has 0 fully saturated rings. The molecule has 0 spiro atoms. The molecule has 7 aromatic rings. The lowest BCUT2D eigenvalue weighted by Gasteiger charge is -2.13. The molecular weight excluding hydrogens is 849 g/mol. The number of oxazole rings is 1. The molecule has 68 heavy (non-hydrogen) atoms. The topological polar surface area (TPSA) is 82.5 Å². The van der Waals surface area contributed by atoms with Gasteiger partial charge < -0.3 is 8.98 Å². The summed E-state index contributed by atoms with van der Waals surface area (Å²) in [4.78, 5) is 25.0. The van der Waals surface area contributed by atoms with Crippen molar-refractivity contribution in [3.05, 3.63) is 216 Å². The zero-order valence-corrected chi connectivity index (χ0v) is 40.8. The Labute approximate surface area is 407 Å². The molecular formula is C57H55B3N6OS. The molecule has 334 valence electrons. The van der Waals surface area contributed by atoms with Gasteiger partial charge in [0.2, 0.25) is 5.89 Å². The summed E-state index contributed by atoms with van der Waals surface area (Å²) < 4.78 is 9.49. The molecule has 0 unspecified atom stereocenters. The first-order valence-corrected chi connectivity index (χ1v) is 23.8. The summed E-state index contributed by atoms with van der Waals surface area (Å²) in [7, 11) is 2.43. The average molecular weight is 905 g/mol. The minimum Gasteiger partial charge on any atom is -0.441 e. The summed E-state index contributed by atoms with van der Waals surface area (Å²) in [5, 5.41) is 0.927. The molecule has 0 atom stereocenters. The van der Waals surface area contributed by atoms with E-state index in [1.807, 2.05) is 98.0 Å². The highest BCUT2D eigenvalue weighted by molar-refractivity contribution is 7.19. The second kappa shape index (κ2) is 22.7. The predicted molar refractivity (Wildman–Crippen MR) is 299 cm³/mol. The van der Waals surface area contributed by atoms with Gasteiger partial charge in [0.1, 0.15) is 31.0 Å². The number of aryl methyl sites for hydroxylation is 1. The summed E-state index contributed by atoms with van der Waals surface area (Å²) in [6.07, 6.45) is 21.9. The maximum Gasteiger partial charge on any atom is 0.226 e. The Bertz CT molecular complexity index is 3230. The predicted octanol–water partition coefficient (Wildman–Crippen LogP) is 13.0. The van der Waals surface area contributed by atoms with E-state index in [1.165, 1.54) is 0 Å². The van der Waals surface area contributed by atoms with Crippen LogP contribution in [0, 0.1) is 13.8 Å². The molecule has 0 saturated carbocycles. The van der Waals surface area contributed by atoms with E-state index < -0.39 is 0 Å². The van der Waals surface area contributed by atoms with Crippen LogP contribution in [-0.4, -0.2) is 51.3 Å². The molecule has 0 bridgehead atoms. The number of rotatable bonds is 19. The highest BCUT2D eigenvalue weighted by atomic mass is 32.1. The van der Waals surface area contributed by atoms with Crippen molar-refractivity contribution >= 4 is 84.1 Å². The van der Waals surface area contributed by atoms with Gasteiger partial charge >= 0.3 is 0 Å². The Morgan fingerprint density at radius 1 is 0.706 bits per heavy atom. The SMILES string of the molecule is C=C/C=C\C(=C/BC)c1nc(-c2ccccc2)nc(-c2ccc3sc(C(/C=C(C)/C(C=C)=C/c4c(/C=C\C=C)c(C)n(/C(C=C)=C/c5nc(-c6ccccc6)oc5C)c4BC)=C/BC)nc3c2)n1. The van der Waals surface area contributed by atoms with Gasteiger partial charge in [0.25, 0.3) is 0 Å². The number of aromatic nitrogens is 6. The summed E-state index contributed by atoms with van der Waals surface area (Å²) >= 11 is 1.67. The van der Waals surface area contributed by atoms with Gasteiger partial charge in [0, 0.05) is 39.2 Å². The molecule has 7 rings (SSSR count). The summed E-state index contributed by atoms with van der Waals surface area (Å²) in [5.41, 5.74) is 13.6. The third-order valence-electron chi connectivity index (χ3n) is 11.4. The van der Waals surface area contributed by atoms with E-state index in [4.69, 9.17) is 29.3 Å². The fourth-order valence-electron chi connectivity index (χ4n) is 8.03. The van der Waals surface area contributed by atoms with Gasteiger partial charge in [0.15, 0.2) is 24.8 Å². The van der Waals surface area contributed by atoms with Crippen LogP contribution in [0.15, 0.2) is 181 Å². The van der Waals surface area contributed by atoms with Crippen LogP contribution in [0.3, 0.4) is 0 Å². The highest BCUT2D eigenvalue weighted by Crippen LogP contribution is 2.34. The minimum atomic E-state index is 0.582. The van der Waals surface area contributed by atoms with Gasteiger partial charge in [0.05, 0.1) is 10.2 Å². The number of fused-ring (bicyclic) bond motifs is 1. The Morgan fingerprint density at radius 2 is 1.38 bits per heavy atom. The van der Waals surface area contributed by atoms with E-state index in [0.29, 0.717) is 23.4 Å². The molecule has 0 N–H and O–H groups in total. The summed E-state index contributed by atoms with van der Waals surface area (Å²) in [5.74, 6) is 7.46. The summed E-state index contributed by atoms with van der Waals surface area (Å²) in [6.45, 7) is 29.1. The fourth-order valence-corrected chi connectivity index (χ4v) is 8.99. The van der Waals surface area contributed by atoms with Crippen molar-refractivity contribution in [2.75, 3.05) is 0 Å². The van der Waals surface area contributed by atoms with Gasteiger partial charge in [-0.15, -0.1) is 23.3 Å². The van der Waals surface area contributed by atoms with Crippen molar-refractivity contribution in [1.82, 2.24) is 29.5 Å². The zero-order valence-electron chi connectivity index (χ0n) is 40.0. The monoisotopic (exact) mass is 904 g/mol. The van der Waals surface area contributed by atoms with Crippen LogP contribution in [0.25, 0.3) is 79.5 Å². The number of nitrogens with zero attached hydrogens (tertiary/aromatic N) is 6. The molecule has 11 heteroatoms. The van der Waals surface area contributed by atoms with E-state index in [0.717, 1.165) is 116 Å². The van der Waals surface area contributed by atoms with Crippen molar-refractivity contribution < 1.29 is 4.42 Å². The molecule has 3 aromatic carbocycles. The van der Waals surface area contributed by atoms with Gasteiger partial charge in [-0.2, -0.15) is 0 Å². The highest BCUT2D eigenvalue weighted by Gasteiger charge is 2.21. The van der Waals surface area contributed by atoms with Crippen LogP contribution in [0.4, 0.5) is 0 Å². The molecule has 0 radical (unpaired) electrons. The second-order valence-electron chi connectivity index (χ2n) is 16.0. The standard InChI is InChI=1S/C57H55B3N6OS/c1-11-15-23-44(35-58-8)55-64-53(41-24-19-17-20-25-41)63-54(65-55)43-29-30-51-50(33-43)62-57(68-51)45(36-59-9)31-37(5)40(13-3)32-48-47(28-16-12-2)38(6)66(52(48)60-10)46(14-4)34-49-39(7)67-56(61-49)42-26-21-18-22-27-42/h11-36,58-60H,1-4H2,5-10H3/b23-15-,28-16-,37-31+,40-32+,44-35+,45-36+,46-34+.